The van der Waals surface area contributed by atoms with Crippen LogP contribution in [0.1, 0.15) is 44.2 Å². The lowest BCUT2D eigenvalue weighted by atomic mass is 10.0. The second kappa shape index (κ2) is 7.69. The van der Waals surface area contributed by atoms with Gasteiger partial charge in [-0.15, -0.1) is 0 Å². The van der Waals surface area contributed by atoms with Gasteiger partial charge in [0.15, 0.2) is 0 Å². The first-order valence-corrected chi connectivity index (χ1v) is 9.01. The van der Waals surface area contributed by atoms with Gasteiger partial charge in [-0.3, -0.25) is 4.79 Å². The molecule has 0 aromatic heterocycles. The molecule has 2 atom stereocenters. The highest BCUT2D eigenvalue weighted by Gasteiger charge is 2.27. The summed E-state index contributed by atoms with van der Waals surface area (Å²) in [5, 5.41) is 3.16. The standard InChI is InChI=1S/C19H27N3O2/c1-15-7-5-12-22(13-15)19(24)20-17(16-8-3-2-4-9-16)14-21-11-6-10-18(21)23/h2-4,8-9,15,17H,5-7,10-14H2,1H3,(H,20,24)/t15-,17-/m1/s1. The van der Waals surface area contributed by atoms with Gasteiger partial charge in [-0.2, -0.15) is 0 Å². The zero-order chi connectivity index (χ0) is 16.9. The van der Waals surface area contributed by atoms with Gasteiger partial charge in [0.05, 0.1) is 6.04 Å². The summed E-state index contributed by atoms with van der Waals surface area (Å²) in [6.07, 6.45) is 3.79. The maximum atomic E-state index is 12.7. The Balaban J connectivity index is 1.69. The van der Waals surface area contributed by atoms with Crippen LogP contribution in [0, 0.1) is 5.92 Å². The molecule has 5 heteroatoms. The summed E-state index contributed by atoms with van der Waals surface area (Å²) in [6, 6.07) is 9.79. The van der Waals surface area contributed by atoms with Gasteiger partial charge in [-0.05, 0) is 30.7 Å². The summed E-state index contributed by atoms with van der Waals surface area (Å²) in [5.74, 6) is 0.747. The Hall–Kier alpha value is -2.04. The van der Waals surface area contributed by atoms with Crippen LogP contribution < -0.4 is 5.32 Å². The normalized spacial score (nSPS) is 22.5. The molecule has 1 N–H and O–H groups in total. The molecule has 2 fully saturated rings. The Morgan fingerprint density at radius 1 is 1.25 bits per heavy atom. The van der Waals surface area contributed by atoms with Crippen molar-refractivity contribution in [2.45, 2.75) is 38.6 Å². The van der Waals surface area contributed by atoms with Crippen LogP contribution in [-0.4, -0.2) is 47.9 Å². The second-order valence-corrected chi connectivity index (χ2v) is 7.05. The van der Waals surface area contributed by atoms with Crippen molar-refractivity contribution >= 4 is 11.9 Å². The summed E-state index contributed by atoms with van der Waals surface area (Å²) < 4.78 is 0. The van der Waals surface area contributed by atoms with Gasteiger partial charge in [0.2, 0.25) is 5.91 Å². The van der Waals surface area contributed by atoms with Gasteiger partial charge in [-0.1, -0.05) is 37.3 Å². The topological polar surface area (TPSA) is 52.7 Å². The van der Waals surface area contributed by atoms with Gasteiger partial charge in [0.1, 0.15) is 0 Å². The SMILES string of the molecule is C[C@@H]1CCCN(C(=O)N[C@H](CN2CCCC2=O)c2ccccc2)C1. The minimum atomic E-state index is -0.155. The lowest BCUT2D eigenvalue weighted by Crippen LogP contribution is -2.48. The van der Waals surface area contributed by atoms with Crippen LogP contribution in [0.25, 0.3) is 0 Å². The summed E-state index contributed by atoms with van der Waals surface area (Å²) >= 11 is 0. The Morgan fingerprint density at radius 3 is 2.71 bits per heavy atom. The van der Waals surface area contributed by atoms with E-state index in [9.17, 15) is 9.59 Å². The van der Waals surface area contributed by atoms with Crippen LogP contribution in [0.15, 0.2) is 30.3 Å². The summed E-state index contributed by atoms with van der Waals surface area (Å²) in [7, 11) is 0. The molecule has 130 valence electrons. The smallest absolute Gasteiger partial charge is 0.317 e. The van der Waals surface area contributed by atoms with Gasteiger partial charge >= 0.3 is 6.03 Å². The third-order valence-electron chi connectivity index (χ3n) is 5.02. The molecule has 1 aromatic carbocycles. The van der Waals surface area contributed by atoms with Crippen LogP contribution in [0.5, 0.6) is 0 Å². The largest absolute Gasteiger partial charge is 0.340 e. The maximum Gasteiger partial charge on any atom is 0.317 e. The summed E-state index contributed by atoms with van der Waals surface area (Å²) in [6.45, 7) is 5.17. The molecule has 5 nitrogen and oxygen atoms in total. The highest BCUT2D eigenvalue weighted by atomic mass is 16.2. The van der Waals surface area contributed by atoms with Gasteiger partial charge in [0, 0.05) is 32.6 Å². The molecule has 3 amide bonds. The zero-order valence-corrected chi connectivity index (χ0v) is 14.4. The minimum Gasteiger partial charge on any atom is -0.340 e. The van der Waals surface area contributed by atoms with Gasteiger partial charge in [-0.25, -0.2) is 4.79 Å². The molecule has 0 radical (unpaired) electrons. The maximum absolute atomic E-state index is 12.7. The lowest BCUT2D eigenvalue weighted by molar-refractivity contribution is -0.128. The van der Waals surface area contributed by atoms with Crippen molar-refractivity contribution in [2.24, 2.45) is 5.92 Å². The number of carbonyl (C=O) groups is 2. The first kappa shape index (κ1) is 16.8. The molecule has 0 spiro atoms. The fourth-order valence-electron chi connectivity index (χ4n) is 3.65. The van der Waals surface area contributed by atoms with Crippen molar-refractivity contribution in [1.29, 1.82) is 0 Å². The first-order valence-electron chi connectivity index (χ1n) is 9.01. The second-order valence-electron chi connectivity index (χ2n) is 7.05. The molecule has 2 aliphatic heterocycles. The quantitative estimate of drug-likeness (QED) is 0.923. The van der Waals surface area contributed by atoms with Crippen LogP contribution in [0.4, 0.5) is 4.79 Å². The number of likely N-dealkylation sites (tertiary alicyclic amines) is 2. The van der Waals surface area contributed by atoms with Crippen LogP contribution >= 0.6 is 0 Å². The van der Waals surface area contributed by atoms with E-state index in [-0.39, 0.29) is 18.0 Å². The molecule has 0 bridgehead atoms. The number of benzene rings is 1. The van der Waals surface area contributed by atoms with E-state index in [0.717, 1.165) is 38.0 Å². The van der Waals surface area contributed by atoms with E-state index in [1.54, 1.807) is 0 Å². The highest BCUT2D eigenvalue weighted by molar-refractivity contribution is 5.78. The molecular formula is C19H27N3O2. The number of hydrogen-bond acceptors (Lipinski definition) is 2. The Morgan fingerprint density at radius 2 is 2.04 bits per heavy atom. The van der Waals surface area contributed by atoms with E-state index in [1.807, 2.05) is 40.1 Å². The van der Waals surface area contributed by atoms with Crippen molar-refractivity contribution in [2.75, 3.05) is 26.2 Å². The molecule has 0 saturated carbocycles. The summed E-state index contributed by atoms with van der Waals surface area (Å²) in [5.41, 5.74) is 1.05. The number of rotatable bonds is 4. The molecule has 2 heterocycles. The molecule has 1 aromatic rings. The summed E-state index contributed by atoms with van der Waals surface area (Å²) in [4.78, 5) is 28.5. The van der Waals surface area contributed by atoms with E-state index >= 15 is 0 Å². The Bertz CT molecular complexity index is 575. The predicted molar refractivity (Wildman–Crippen MR) is 93.5 cm³/mol. The number of hydrogen-bond donors (Lipinski definition) is 1. The average Bonchev–Trinajstić information content (AvgIpc) is 3.00. The van der Waals surface area contributed by atoms with Crippen molar-refractivity contribution in [1.82, 2.24) is 15.1 Å². The van der Waals surface area contributed by atoms with E-state index < -0.39 is 0 Å². The molecule has 2 aliphatic rings. The van der Waals surface area contributed by atoms with Crippen molar-refractivity contribution in [3.8, 4) is 0 Å². The van der Waals surface area contributed by atoms with Crippen molar-refractivity contribution in [3.05, 3.63) is 35.9 Å². The molecule has 2 saturated heterocycles. The predicted octanol–water partition coefficient (Wildman–Crippen LogP) is 2.79. The molecular weight excluding hydrogens is 302 g/mol. The number of carbonyl (C=O) groups excluding carboxylic acids is 2. The number of nitrogens with zero attached hydrogens (tertiary/aromatic N) is 2. The molecule has 24 heavy (non-hydrogen) atoms. The fourth-order valence-corrected chi connectivity index (χ4v) is 3.65. The van der Waals surface area contributed by atoms with Gasteiger partial charge in [0.25, 0.3) is 0 Å². The molecule has 0 aliphatic carbocycles. The zero-order valence-electron chi connectivity index (χ0n) is 14.4. The van der Waals surface area contributed by atoms with E-state index in [0.29, 0.717) is 18.9 Å². The van der Waals surface area contributed by atoms with Crippen molar-refractivity contribution < 1.29 is 9.59 Å². The molecule has 3 rings (SSSR count). The average molecular weight is 329 g/mol. The minimum absolute atomic E-state index is 0.0120. The third-order valence-corrected chi connectivity index (χ3v) is 5.02. The number of nitrogens with one attached hydrogen (secondary N) is 1. The number of amides is 3. The van der Waals surface area contributed by atoms with Crippen LogP contribution in [0.2, 0.25) is 0 Å². The number of piperidine rings is 1. The Labute approximate surface area is 144 Å². The van der Waals surface area contributed by atoms with Crippen LogP contribution in [0.3, 0.4) is 0 Å². The van der Waals surface area contributed by atoms with Crippen molar-refractivity contribution in [3.63, 3.8) is 0 Å². The van der Waals surface area contributed by atoms with E-state index in [1.165, 1.54) is 6.42 Å². The third kappa shape index (κ3) is 4.08. The van der Waals surface area contributed by atoms with E-state index in [4.69, 9.17) is 0 Å². The fraction of sp³-hybridized carbons (Fsp3) is 0.579. The highest BCUT2D eigenvalue weighted by Crippen LogP contribution is 2.20. The number of urea groups is 1. The molecule has 0 unspecified atom stereocenters. The lowest BCUT2D eigenvalue weighted by Gasteiger charge is -2.33. The monoisotopic (exact) mass is 329 g/mol. The first-order chi connectivity index (χ1) is 11.6. The Kier molecular flexibility index (Phi) is 5.38. The van der Waals surface area contributed by atoms with Gasteiger partial charge < -0.3 is 15.1 Å². The van der Waals surface area contributed by atoms with E-state index in [2.05, 4.69) is 12.2 Å². The van der Waals surface area contributed by atoms with Crippen LogP contribution in [-0.2, 0) is 4.79 Å².